The summed E-state index contributed by atoms with van der Waals surface area (Å²) in [4.78, 5) is 0. The number of hydrogen-bond acceptors (Lipinski definition) is 2. The predicted octanol–water partition coefficient (Wildman–Crippen LogP) is 11.4. The zero-order chi connectivity index (χ0) is 32.6. The Morgan fingerprint density at radius 3 is 0.766 bits per heavy atom. The highest BCUT2D eigenvalue weighted by Gasteiger charge is 2.39. The van der Waals surface area contributed by atoms with E-state index >= 15 is 0 Å². The van der Waals surface area contributed by atoms with Crippen LogP contribution in [0.2, 0.25) is 0 Å². The van der Waals surface area contributed by atoms with E-state index in [1.807, 2.05) is 12.1 Å². The molecule has 0 saturated carbocycles. The lowest BCUT2D eigenvalue weighted by molar-refractivity contribution is 0.472. The lowest BCUT2D eigenvalue weighted by Gasteiger charge is -2.24. The molecule has 0 saturated heterocycles. The van der Waals surface area contributed by atoms with E-state index in [2.05, 4.69) is 126 Å². The Morgan fingerprint density at radius 1 is 0.298 bits per heavy atom. The largest absolute Gasteiger partial charge is 0.508 e. The standard InChI is InChI=1S/C45H38O2/c1-43(2)37-19-25(27-9-15-33-35-17-11-29(46)23-41(35)44(3,4)39(33)21-27)7-13-31(37)32-14-8-26(20-38(32)43)28-10-16-34-36-18-12-30(47)24-42(36)45(5,6)40(34)22-28/h7-24,46-47H,1-6H3. The van der Waals surface area contributed by atoms with E-state index < -0.39 is 0 Å². The fraction of sp³-hybridized carbons (Fsp3) is 0.200. The van der Waals surface area contributed by atoms with Crippen LogP contribution in [0.5, 0.6) is 11.5 Å². The molecule has 0 atom stereocenters. The zero-order valence-corrected chi connectivity index (χ0v) is 27.8. The summed E-state index contributed by atoms with van der Waals surface area (Å²) in [6.07, 6.45) is 0. The minimum Gasteiger partial charge on any atom is -0.508 e. The van der Waals surface area contributed by atoms with Crippen LogP contribution in [0, 0.1) is 0 Å². The molecule has 0 heterocycles. The normalized spacial score (nSPS) is 16.6. The quantitative estimate of drug-likeness (QED) is 0.205. The van der Waals surface area contributed by atoms with Gasteiger partial charge in [-0.05, 0) is 138 Å². The van der Waals surface area contributed by atoms with E-state index in [-0.39, 0.29) is 16.2 Å². The number of aromatic hydroxyl groups is 2. The summed E-state index contributed by atoms with van der Waals surface area (Å²) in [5.74, 6) is 0.639. The highest BCUT2D eigenvalue weighted by atomic mass is 16.3. The maximum atomic E-state index is 10.2. The topological polar surface area (TPSA) is 40.5 Å². The Morgan fingerprint density at radius 2 is 0.511 bits per heavy atom. The number of phenolic OH excluding ortho intramolecular Hbond substituents is 2. The fourth-order valence-electron chi connectivity index (χ4n) is 8.91. The van der Waals surface area contributed by atoms with Gasteiger partial charge in [-0.3, -0.25) is 0 Å². The molecule has 3 aliphatic rings. The smallest absolute Gasteiger partial charge is 0.115 e. The van der Waals surface area contributed by atoms with Crippen molar-refractivity contribution in [3.8, 4) is 67.1 Å². The number of rotatable bonds is 2. The molecule has 0 unspecified atom stereocenters. The molecule has 9 rings (SSSR count). The van der Waals surface area contributed by atoms with Gasteiger partial charge in [-0.1, -0.05) is 102 Å². The molecule has 3 aliphatic carbocycles. The van der Waals surface area contributed by atoms with Crippen molar-refractivity contribution in [2.24, 2.45) is 0 Å². The third-order valence-electron chi connectivity index (χ3n) is 11.7. The summed E-state index contributed by atoms with van der Waals surface area (Å²) >= 11 is 0. The first-order valence-electron chi connectivity index (χ1n) is 16.6. The summed E-state index contributed by atoms with van der Waals surface area (Å²) in [5, 5.41) is 20.5. The Hall–Kier alpha value is -5.08. The summed E-state index contributed by atoms with van der Waals surface area (Å²) in [6, 6.07) is 39.3. The molecule has 230 valence electrons. The molecular weight excluding hydrogens is 572 g/mol. The Balaban J connectivity index is 1.09. The van der Waals surface area contributed by atoms with Crippen LogP contribution in [0.25, 0.3) is 55.6 Å². The van der Waals surface area contributed by atoms with Gasteiger partial charge >= 0.3 is 0 Å². The van der Waals surface area contributed by atoms with Crippen LogP contribution >= 0.6 is 0 Å². The van der Waals surface area contributed by atoms with Crippen LogP contribution in [0.15, 0.2) is 109 Å². The van der Waals surface area contributed by atoms with Gasteiger partial charge < -0.3 is 10.2 Å². The van der Waals surface area contributed by atoms with E-state index in [4.69, 9.17) is 0 Å². The van der Waals surface area contributed by atoms with E-state index in [9.17, 15) is 10.2 Å². The van der Waals surface area contributed by atoms with Gasteiger partial charge in [0.1, 0.15) is 11.5 Å². The zero-order valence-electron chi connectivity index (χ0n) is 27.8. The number of hydrogen-bond donors (Lipinski definition) is 2. The first-order valence-corrected chi connectivity index (χ1v) is 16.6. The Bertz CT molecular complexity index is 2190. The summed E-state index contributed by atoms with van der Waals surface area (Å²) in [6.45, 7) is 13.7. The van der Waals surface area contributed by atoms with Crippen molar-refractivity contribution >= 4 is 0 Å². The molecule has 0 aliphatic heterocycles. The van der Waals surface area contributed by atoms with Gasteiger partial charge in [-0.25, -0.2) is 0 Å². The molecule has 6 aromatic carbocycles. The predicted molar refractivity (Wildman–Crippen MR) is 193 cm³/mol. The third-order valence-corrected chi connectivity index (χ3v) is 11.7. The molecule has 0 amide bonds. The SMILES string of the molecule is CC1(C)c2cc(O)ccc2-c2ccc(-c3ccc4c(c3)C(C)(C)c3cc(-c5ccc6c(c5)C(C)(C)c5cc(O)ccc5-6)ccc3-4)cc21. The van der Waals surface area contributed by atoms with Crippen molar-refractivity contribution in [3.63, 3.8) is 0 Å². The Kier molecular flexibility index (Phi) is 5.42. The average molecular weight is 611 g/mol. The molecule has 2 heteroatoms. The summed E-state index contributed by atoms with van der Waals surface area (Å²) < 4.78 is 0. The third kappa shape index (κ3) is 3.73. The van der Waals surface area contributed by atoms with E-state index in [1.165, 1.54) is 89.0 Å². The maximum Gasteiger partial charge on any atom is 0.115 e. The van der Waals surface area contributed by atoms with Crippen molar-refractivity contribution in [1.29, 1.82) is 0 Å². The van der Waals surface area contributed by atoms with Gasteiger partial charge in [-0.15, -0.1) is 0 Å². The van der Waals surface area contributed by atoms with Crippen LogP contribution in [0.1, 0.15) is 74.9 Å². The van der Waals surface area contributed by atoms with Crippen molar-refractivity contribution in [3.05, 3.63) is 143 Å². The minimum atomic E-state index is -0.181. The summed E-state index contributed by atoms with van der Waals surface area (Å²) in [7, 11) is 0. The molecule has 0 spiro atoms. The van der Waals surface area contributed by atoms with Gasteiger partial charge in [-0.2, -0.15) is 0 Å². The number of benzene rings is 6. The second-order valence-corrected chi connectivity index (χ2v) is 15.4. The second kappa shape index (κ2) is 9.04. The molecule has 2 nitrogen and oxygen atoms in total. The second-order valence-electron chi connectivity index (χ2n) is 15.4. The molecule has 0 bridgehead atoms. The monoisotopic (exact) mass is 610 g/mol. The van der Waals surface area contributed by atoms with Crippen molar-refractivity contribution in [2.75, 3.05) is 0 Å². The molecule has 2 N–H and O–H groups in total. The van der Waals surface area contributed by atoms with Crippen molar-refractivity contribution in [1.82, 2.24) is 0 Å². The first-order chi connectivity index (χ1) is 22.4. The van der Waals surface area contributed by atoms with Crippen LogP contribution in [-0.2, 0) is 16.2 Å². The summed E-state index contributed by atoms with van der Waals surface area (Å²) in [5.41, 5.74) is 19.7. The van der Waals surface area contributed by atoms with Gasteiger partial charge in [0, 0.05) is 16.2 Å². The molecule has 0 aromatic heterocycles. The molecule has 6 aromatic rings. The van der Waals surface area contributed by atoms with Gasteiger partial charge in [0.05, 0.1) is 0 Å². The van der Waals surface area contributed by atoms with Crippen LogP contribution in [0.3, 0.4) is 0 Å². The lowest BCUT2D eigenvalue weighted by Crippen LogP contribution is -2.16. The minimum absolute atomic E-state index is 0.149. The molecule has 47 heavy (non-hydrogen) atoms. The lowest BCUT2D eigenvalue weighted by atomic mass is 9.79. The molecule has 0 radical (unpaired) electrons. The number of phenols is 2. The van der Waals surface area contributed by atoms with Crippen LogP contribution in [-0.4, -0.2) is 10.2 Å². The fourth-order valence-corrected chi connectivity index (χ4v) is 8.91. The number of fused-ring (bicyclic) bond motifs is 9. The average Bonchev–Trinajstić information content (AvgIpc) is 3.52. The van der Waals surface area contributed by atoms with Crippen molar-refractivity contribution < 1.29 is 10.2 Å². The molecular formula is C45H38O2. The van der Waals surface area contributed by atoms with Gasteiger partial charge in [0.2, 0.25) is 0 Å². The highest BCUT2D eigenvalue weighted by molar-refractivity contribution is 5.89. The van der Waals surface area contributed by atoms with Crippen molar-refractivity contribution in [2.45, 2.75) is 57.8 Å². The van der Waals surface area contributed by atoms with Crippen LogP contribution < -0.4 is 0 Å². The van der Waals surface area contributed by atoms with Crippen LogP contribution in [0.4, 0.5) is 0 Å². The molecule has 0 fully saturated rings. The van der Waals surface area contributed by atoms with E-state index in [1.54, 1.807) is 12.1 Å². The maximum absolute atomic E-state index is 10.2. The van der Waals surface area contributed by atoms with E-state index in [0.29, 0.717) is 11.5 Å². The van der Waals surface area contributed by atoms with Gasteiger partial charge in [0.25, 0.3) is 0 Å². The van der Waals surface area contributed by atoms with E-state index in [0.717, 1.165) is 0 Å². The first kappa shape index (κ1) is 28.2. The Labute approximate surface area is 277 Å². The van der Waals surface area contributed by atoms with Gasteiger partial charge in [0.15, 0.2) is 0 Å². The highest BCUT2D eigenvalue weighted by Crippen LogP contribution is 2.54.